The summed E-state index contributed by atoms with van der Waals surface area (Å²) >= 11 is 0. The van der Waals surface area contributed by atoms with Crippen molar-refractivity contribution in [3.8, 4) is 0 Å². The molecule has 0 fully saturated rings. The van der Waals surface area contributed by atoms with Gasteiger partial charge in [-0.05, 0) is 31.4 Å². The molecule has 2 rings (SSSR count). The fourth-order valence-electron chi connectivity index (χ4n) is 2.07. The van der Waals surface area contributed by atoms with Crippen LogP contribution in [-0.2, 0) is 10.3 Å². The van der Waals surface area contributed by atoms with Crippen LogP contribution in [0.25, 0.3) is 10.8 Å². The first-order chi connectivity index (χ1) is 9.26. The maximum atomic E-state index is 12.4. The number of pyridine rings is 1. The summed E-state index contributed by atoms with van der Waals surface area (Å²) in [6.07, 6.45) is 0. The first-order valence-corrected chi connectivity index (χ1v) is 5.89. The minimum absolute atomic E-state index is 0.284. The number of carboxylic acids is 2. The highest BCUT2D eigenvalue weighted by Gasteiger charge is 2.34. The molecular weight excluding hydrogens is 262 g/mol. The number of aromatic carboxylic acids is 1. The molecule has 0 amide bonds. The first-order valence-electron chi connectivity index (χ1n) is 5.89. The van der Waals surface area contributed by atoms with Gasteiger partial charge in [0.15, 0.2) is 0 Å². The normalized spacial score (nSPS) is 11.5. The van der Waals surface area contributed by atoms with Crippen molar-refractivity contribution in [3.05, 3.63) is 46.4 Å². The van der Waals surface area contributed by atoms with Crippen LogP contribution in [0.1, 0.15) is 24.3 Å². The lowest BCUT2D eigenvalue weighted by Gasteiger charge is -2.25. The van der Waals surface area contributed by atoms with Crippen molar-refractivity contribution in [3.63, 3.8) is 0 Å². The van der Waals surface area contributed by atoms with Crippen LogP contribution in [0.15, 0.2) is 35.1 Å². The molecule has 0 atom stereocenters. The molecule has 0 saturated heterocycles. The Bertz CT molecular complexity index is 773. The number of hydrogen-bond acceptors (Lipinski definition) is 3. The second-order valence-electron chi connectivity index (χ2n) is 4.93. The third-order valence-electron chi connectivity index (χ3n) is 3.23. The third kappa shape index (κ3) is 1.95. The van der Waals surface area contributed by atoms with Crippen LogP contribution < -0.4 is 5.56 Å². The molecule has 1 heterocycles. The standard InChI is InChI=1S/C14H13NO5/c1-14(2,13(19)20)15-10(12(17)18)7-8-5-3-4-6-9(8)11(15)16/h3-7H,1-2H3,(H,17,18)(H,19,20). The Morgan fingerprint density at radius 2 is 1.75 bits per heavy atom. The summed E-state index contributed by atoms with van der Waals surface area (Å²) in [5.74, 6) is -2.63. The van der Waals surface area contributed by atoms with Gasteiger partial charge in [0.05, 0.1) is 0 Å². The van der Waals surface area contributed by atoms with Gasteiger partial charge in [-0.1, -0.05) is 18.2 Å². The van der Waals surface area contributed by atoms with Crippen LogP contribution >= 0.6 is 0 Å². The van der Waals surface area contributed by atoms with Crippen molar-refractivity contribution in [2.75, 3.05) is 0 Å². The van der Waals surface area contributed by atoms with E-state index in [1.165, 1.54) is 26.0 Å². The van der Waals surface area contributed by atoms with Gasteiger partial charge in [-0.3, -0.25) is 9.36 Å². The lowest BCUT2D eigenvalue weighted by molar-refractivity contribution is -0.145. The van der Waals surface area contributed by atoms with E-state index in [2.05, 4.69) is 0 Å². The number of aliphatic carboxylic acids is 1. The molecule has 0 unspecified atom stereocenters. The molecule has 20 heavy (non-hydrogen) atoms. The van der Waals surface area contributed by atoms with Crippen LogP contribution in [0, 0.1) is 0 Å². The zero-order valence-electron chi connectivity index (χ0n) is 11.0. The van der Waals surface area contributed by atoms with Gasteiger partial charge < -0.3 is 10.2 Å². The average Bonchev–Trinajstić information content (AvgIpc) is 2.37. The van der Waals surface area contributed by atoms with E-state index in [1.54, 1.807) is 18.2 Å². The van der Waals surface area contributed by atoms with Crippen LogP contribution in [0.3, 0.4) is 0 Å². The van der Waals surface area contributed by atoms with Gasteiger partial charge in [0, 0.05) is 5.39 Å². The first kappa shape index (κ1) is 13.8. The number of carboxylic acid groups (broad SMARTS) is 2. The van der Waals surface area contributed by atoms with Gasteiger partial charge in [0.2, 0.25) is 0 Å². The maximum absolute atomic E-state index is 12.4. The van der Waals surface area contributed by atoms with E-state index in [-0.39, 0.29) is 11.1 Å². The molecule has 1 aromatic heterocycles. The van der Waals surface area contributed by atoms with Crippen LogP contribution in [-0.4, -0.2) is 26.7 Å². The molecule has 0 aliphatic carbocycles. The lowest BCUT2D eigenvalue weighted by atomic mass is 10.0. The van der Waals surface area contributed by atoms with E-state index in [4.69, 9.17) is 0 Å². The second-order valence-corrected chi connectivity index (χ2v) is 4.93. The number of carbonyl (C=O) groups is 2. The van der Waals surface area contributed by atoms with E-state index in [9.17, 15) is 24.6 Å². The van der Waals surface area contributed by atoms with Crippen LogP contribution in [0.5, 0.6) is 0 Å². The van der Waals surface area contributed by atoms with Gasteiger partial charge in [0.1, 0.15) is 11.2 Å². The lowest BCUT2D eigenvalue weighted by Crippen LogP contribution is -2.45. The third-order valence-corrected chi connectivity index (χ3v) is 3.23. The molecule has 0 aliphatic rings. The van der Waals surface area contributed by atoms with Crippen LogP contribution in [0.4, 0.5) is 0 Å². The molecule has 2 N–H and O–H groups in total. The van der Waals surface area contributed by atoms with E-state index >= 15 is 0 Å². The topological polar surface area (TPSA) is 96.6 Å². The Hall–Kier alpha value is -2.63. The SMILES string of the molecule is CC(C)(C(=O)O)n1c(C(=O)O)cc2ccccc2c1=O. The maximum Gasteiger partial charge on any atom is 0.352 e. The summed E-state index contributed by atoms with van der Waals surface area (Å²) in [5.41, 5.74) is -2.64. The quantitative estimate of drug-likeness (QED) is 0.885. The van der Waals surface area contributed by atoms with E-state index in [1.807, 2.05) is 0 Å². The summed E-state index contributed by atoms with van der Waals surface area (Å²) < 4.78 is 0.806. The fourth-order valence-corrected chi connectivity index (χ4v) is 2.07. The minimum Gasteiger partial charge on any atom is -0.480 e. The smallest absolute Gasteiger partial charge is 0.352 e. The second kappa shape index (κ2) is 4.48. The van der Waals surface area contributed by atoms with Crippen molar-refractivity contribution in [2.45, 2.75) is 19.4 Å². The molecular formula is C14H13NO5. The Labute approximate surface area is 113 Å². The van der Waals surface area contributed by atoms with Gasteiger partial charge in [-0.25, -0.2) is 9.59 Å². The summed E-state index contributed by atoms with van der Waals surface area (Å²) in [6.45, 7) is 2.58. The fraction of sp³-hybridized carbons (Fsp3) is 0.214. The number of fused-ring (bicyclic) bond motifs is 1. The molecule has 0 aliphatic heterocycles. The number of nitrogens with zero attached hydrogens (tertiary/aromatic N) is 1. The van der Waals surface area contributed by atoms with Crippen molar-refractivity contribution in [1.82, 2.24) is 4.57 Å². The van der Waals surface area contributed by atoms with E-state index in [0.29, 0.717) is 5.39 Å². The predicted octanol–water partition coefficient (Wildman–Crippen LogP) is 1.52. The zero-order valence-corrected chi connectivity index (χ0v) is 11.0. The Morgan fingerprint density at radius 1 is 1.15 bits per heavy atom. The summed E-state index contributed by atoms with van der Waals surface area (Å²) in [7, 11) is 0. The summed E-state index contributed by atoms with van der Waals surface area (Å²) in [4.78, 5) is 35.1. The van der Waals surface area contributed by atoms with Gasteiger partial charge >= 0.3 is 11.9 Å². The van der Waals surface area contributed by atoms with Gasteiger partial charge in [-0.2, -0.15) is 0 Å². The molecule has 0 spiro atoms. The summed E-state index contributed by atoms with van der Waals surface area (Å²) in [5, 5.41) is 19.2. The number of aromatic nitrogens is 1. The molecule has 0 saturated carbocycles. The van der Waals surface area contributed by atoms with Crippen molar-refractivity contribution in [2.24, 2.45) is 0 Å². The van der Waals surface area contributed by atoms with Gasteiger partial charge in [-0.15, -0.1) is 0 Å². The Morgan fingerprint density at radius 3 is 2.30 bits per heavy atom. The monoisotopic (exact) mass is 275 g/mol. The number of benzene rings is 1. The predicted molar refractivity (Wildman–Crippen MR) is 72.1 cm³/mol. The Kier molecular flexibility index (Phi) is 3.09. The summed E-state index contributed by atoms with van der Waals surface area (Å²) in [6, 6.07) is 7.78. The number of hydrogen-bond donors (Lipinski definition) is 2. The largest absolute Gasteiger partial charge is 0.480 e. The highest BCUT2D eigenvalue weighted by atomic mass is 16.4. The molecule has 104 valence electrons. The molecule has 2 aromatic rings. The molecule has 6 heteroatoms. The minimum atomic E-state index is -1.66. The molecule has 1 aromatic carbocycles. The van der Waals surface area contributed by atoms with E-state index < -0.39 is 23.0 Å². The Balaban J connectivity index is 2.98. The van der Waals surface area contributed by atoms with Crippen LogP contribution in [0.2, 0.25) is 0 Å². The van der Waals surface area contributed by atoms with Crippen molar-refractivity contribution >= 4 is 22.7 Å². The number of rotatable bonds is 3. The molecule has 6 nitrogen and oxygen atoms in total. The van der Waals surface area contributed by atoms with Gasteiger partial charge in [0.25, 0.3) is 5.56 Å². The van der Waals surface area contributed by atoms with E-state index in [0.717, 1.165) is 4.57 Å². The molecule has 0 bridgehead atoms. The van der Waals surface area contributed by atoms with Crippen molar-refractivity contribution in [1.29, 1.82) is 0 Å². The highest BCUT2D eigenvalue weighted by molar-refractivity contribution is 5.93. The van der Waals surface area contributed by atoms with Crippen molar-refractivity contribution < 1.29 is 19.8 Å². The average molecular weight is 275 g/mol. The highest BCUT2D eigenvalue weighted by Crippen LogP contribution is 2.20. The molecule has 0 radical (unpaired) electrons. The zero-order chi connectivity index (χ0) is 15.1.